The molecule has 1 aromatic heterocycles. The van der Waals surface area contributed by atoms with Gasteiger partial charge in [0.05, 0.1) is 30.2 Å². The number of amides is 3. The molecule has 4 aliphatic heterocycles. The first-order chi connectivity index (χ1) is 24.5. The summed E-state index contributed by atoms with van der Waals surface area (Å²) < 4.78 is 0.532. The number of thiazole rings is 1. The van der Waals surface area contributed by atoms with Gasteiger partial charge in [0.1, 0.15) is 34.9 Å². The van der Waals surface area contributed by atoms with Gasteiger partial charge in [-0.05, 0) is 26.0 Å². The zero-order chi connectivity index (χ0) is 37.7. The van der Waals surface area contributed by atoms with Crippen LogP contribution < -0.4 is 16.4 Å². The smallest absolute Gasteiger partial charge is 0.352 e. The maximum Gasteiger partial charge on any atom is 0.352 e. The Hall–Kier alpha value is -4.59. The van der Waals surface area contributed by atoms with Crippen molar-refractivity contribution in [2.75, 3.05) is 37.7 Å². The number of phenols is 2. The molecule has 4 aliphatic rings. The van der Waals surface area contributed by atoms with Crippen molar-refractivity contribution in [3.63, 3.8) is 0 Å². The first-order valence-electron chi connectivity index (χ1n) is 16.3. The van der Waals surface area contributed by atoms with Crippen LogP contribution in [0.1, 0.15) is 55.6 Å². The number of hydrogen-bond acceptors (Lipinski definition) is 13. The van der Waals surface area contributed by atoms with E-state index in [2.05, 4.69) is 20.8 Å². The topological polar surface area (TPSA) is 254 Å². The number of aliphatic carboxylic acids is 2. The lowest BCUT2D eigenvalue weighted by Gasteiger charge is -2.51. The van der Waals surface area contributed by atoms with Crippen LogP contribution in [0.25, 0.3) is 0 Å². The van der Waals surface area contributed by atoms with E-state index in [9.17, 15) is 44.4 Å². The number of aromatic hydroxyl groups is 2. The Labute approximate surface area is 310 Å². The summed E-state index contributed by atoms with van der Waals surface area (Å²) >= 11 is 8.46. The number of carbonyl (C=O) groups is 5. The number of nitrogen functional groups attached to an aromatic ring is 1. The highest BCUT2D eigenvalue weighted by atomic mass is 35.5. The van der Waals surface area contributed by atoms with Gasteiger partial charge in [0, 0.05) is 42.4 Å². The summed E-state index contributed by atoms with van der Waals surface area (Å²) in [6.45, 7) is 4.59. The second kappa shape index (κ2) is 13.8. The van der Waals surface area contributed by atoms with E-state index in [4.69, 9.17) is 22.2 Å². The maximum absolute atomic E-state index is 13.6. The number of hydrogen-bond donors (Lipinski definition) is 7. The van der Waals surface area contributed by atoms with E-state index in [-0.39, 0.29) is 39.4 Å². The minimum absolute atomic E-state index is 0.00339. The van der Waals surface area contributed by atoms with Crippen LogP contribution in [0.4, 0.5) is 5.13 Å². The number of carboxylic acid groups (broad SMARTS) is 2. The number of oxime groups is 1. The number of thioether (sulfide) groups is 1. The predicted molar refractivity (Wildman–Crippen MR) is 189 cm³/mol. The molecule has 0 radical (unpaired) electrons. The molecule has 3 saturated heterocycles. The summed E-state index contributed by atoms with van der Waals surface area (Å²) in [5.41, 5.74) is 3.59. The van der Waals surface area contributed by atoms with Crippen molar-refractivity contribution in [2.24, 2.45) is 5.16 Å². The summed E-state index contributed by atoms with van der Waals surface area (Å²) in [6, 6.07) is 1.39. The molecule has 52 heavy (non-hydrogen) atoms. The fraction of sp³-hybridized carbons (Fsp3) is 0.469. The van der Waals surface area contributed by atoms with Gasteiger partial charge >= 0.3 is 11.9 Å². The second-order valence-corrected chi connectivity index (χ2v) is 16.1. The molecule has 5 heterocycles. The summed E-state index contributed by atoms with van der Waals surface area (Å²) in [6.07, 6.45) is 3.26. The number of rotatable bonds is 12. The van der Waals surface area contributed by atoms with Gasteiger partial charge in [-0.15, -0.1) is 23.1 Å². The van der Waals surface area contributed by atoms with Gasteiger partial charge in [0.2, 0.25) is 5.60 Å². The number of β-lactam (4-membered cyclic amide) rings is 1. The van der Waals surface area contributed by atoms with Crippen molar-refractivity contribution in [1.29, 1.82) is 0 Å². The van der Waals surface area contributed by atoms with Crippen LogP contribution >= 0.6 is 34.7 Å². The van der Waals surface area contributed by atoms with E-state index in [1.165, 1.54) is 48.0 Å². The van der Waals surface area contributed by atoms with Gasteiger partial charge in [-0.2, -0.15) is 0 Å². The lowest BCUT2D eigenvalue weighted by atomic mass is 9.91. The number of halogens is 1. The molecule has 0 spiro atoms. The van der Waals surface area contributed by atoms with E-state index < -0.39 is 69.4 Å². The van der Waals surface area contributed by atoms with E-state index in [0.29, 0.717) is 16.6 Å². The highest BCUT2D eigenvalue weighted by Gasteiger charge is 2.60. The third-order valence-electron chi connectivity index (χ3n) is 10.3. The number of carbonyl (C=O) groups excluding carboxylic acids is 3. The first kappa shape index (κ1) is 37.2. The zero-order valence-corrected chi connectivity index (χ0v) is 30.4. The Morgan fingerprint density at radius 1 is 1.19 bits per heavy atom. The minimum atomic E-state index is -1.79. The van der Waals surface area contributed by atoms with Crippen molar-refractivity contribution < 1.29 is 53.7 Å². The van der Waals surface area contributed by atoms with Gasteiger partial charge < -0.3 is 46.1 Å². The number of quaternary nitrogens is 1. The van der Waals surface area contributed by atoms with Crippen LogP contribution in [0.2, 0.25) is 5.02 Å². The molecule has 0 saturated carbocycles. The summed E-state index contributed by atoms with van der Waals surface area (Å²) in [7, 11) is 0. The molecule has 1 aromatic carbocycles. The molecule has 17 nitrogen and oxygen atoms in total. The van der Waals surface area contributed by atoms with E-state index in [0.717, 1.165) is 50.1 Å². The fourth-order valence-corrected chi connectivity index (χ4v) is 9.66. The second-order valence-electron chi connectivity index (χ2n) is 13.7. The molecule has 0 bridgehead atoms. The maximum atomic E-state index is 13.6. The van der Waals surface area contributed by atoms with Crippen molar-refractivity contribution in [1.82, 2.24) is 20.5 Å². The molecule has 2 atom stereocenters. The molecule has 6 rings (SSSR count). The molecule has 20 heteroatoms. The average molecular weight is 779 g/mol. The third kappa shape index (κ3) is 6.39. The van der Waals surface area contributed by atoms with Crippen LogP contribution in [0.5, 0.6) is 11.5 Å². The number of aromatic nitrogens is 1. The van der Waals surface area contributed by atoms with E-state index >= 15 is 0 Å². The molecule has 278 valence electrons. The van der Waals surface area contributed by atoms with E-state index in [1.54, 1.807) is 0 Å². The number of benzene rings is 1. The van der Waals surface area contributed by atoms with E-state index in [1.807, 2.05) is 0 Å². The fourth-order valence-electron chi connectivity index (χ4n) is 7.53. The lowest BCUT2D eigenvalue weighted by molar-refractivity contribution is -0.946. The quantitative estimate of drug-likeness (QED) is 0.0533. The summed E-state index contributed by atoms with van der Waals surface area (Å²) in [5.74, 6) is -5.42. The van der Waals surface area contributed by atoms with Crippen molar-refractivity contribution in [3.05, 3.63) is 45.1 Å². The Kier molecular flexibility index (Phi) is 9.83. The van der Waals surface area contributed by atoms with Crippen molar-refractivity contribution in [2.45, 2.75) is 62.1 Å². The van der Waals surface area contributed by atoms with Gasteiger partial charge in [0.25, 0.3) is 17.7 Å². The van der Waals surface area contributed by atoms with Crippen molar-refractivity contribution in [3.8, 4) is 11.5 Å². The molecule has 3 amide bonds. The first-order valence-corrected chi connectivity index (χ1v) is 18.6. The average Bonchev–Trinajstić information content (AvgIpc) is 3.77. The zero-order valence-electron chi connectivity index (χ0n) is 28.0. The molecule has 0 aliphatic carbocycles. The molecule has 3 fully saturated rings. The van der Waals surface area contributed by atoms with Crippen LogP contribution in [-0.4, -0.2) is 125 Å². The van der Waals surface area contributed by atoms with Gasteiger partial charge in [-0.1, -0.05) is 16.8 Å². The summed E-state index contributed by atoms with van der Waals surface area (Å²) in [4.78, 5) is 74.9. The Balaban J connectivity index is 1.20. The standard InChI is InChI=1S/C32H36ClN7O10S2/c1-31(2,29(48)49)50-38-20(17-13-52-30(34)36-17)25(44)37-21-26(45)39-22(28(46)47)15(12-51-27(21)39)11-40-9-3-7-32(40,8-4-10-40)14-35-24(43)16-5-6-18(41)23(42)19(16)33/h5-6,13,21,27H,3-4,7-12,14H2,1-2H3,(H7-,34,35,36,37,38,41,42,43,44,46,47,48,49)/p+1/t21-,27-,32?,40?/m1/s1. The van der Waals surface area contributed by atoms with Gasteiger partial charge in [-0.25, -0.2) is 14.6 Å². The Morgan fingerprint density at radius 2 is 1.88 bits per heavy atom. The Morgan fingerprint density at radius 3 is 2.50 bits per heavy atom. The van der Waals surface area contributed by atoms with Crippen LogP contribution in [0.3, 0.4) is 0 Å². The number of fused-ring (bicyclic) bond motifs is 2. The summed E-state index contributed by atoms with van der Waals surface area (Å²) in [5, 5.41) is 49.4. The SMILES string of the molecule is CC(C)(O/N=C(\C(=O)N[C@@H]1C(=O)N2C(C(=O)O)=C(C[N+]34CCCC3(CNC(=O)c3ccc(O)c(O)c3Cl)CCC4)CS[C@H]12)c1csc(N)n1)C(=O)O. The highest BCUT2D eigenvalue weighted by molar-refractivity contribution is 8.00. The molecule has 0 unspecified atom stereocenters. The molecule has 8 N–H and O–H groups in total. The normalized spacial score (nSPS) is 25.6. The highest BCUT2D eigenvalue weighted by Crippen LogP contribution is 2.49. The number of phenolic OH excluding ortho intramolecular Hbond substituents is 2. The van der Waals surface area contributed by atoms with Gasteiger partial charge in [0.15, 0.2) is 22.3 Å². The Bertz CT molecular complexity index is 1920. The van der Waals surface area contributed by atoms with Crippen molar-refractivity contribution >= 4 is 75.2 Å². The number of anilines is 1. The number of carboxylic acids is 2. The monoisotopic (exact) mass is 778 g/mol. The molecular formula is C32H37ClN7O10S2+. The largest absolute Gasteiger partial charge is 0.504 e. The molecular weight excluding hydrogens is 742 g/mol. The van der Waals surface area contributed by atoms with Crippen LogP contribution in [-0.2, 0) is 24.0 Å². The number of nitrogens with one attached hydrogen (secondary N) is 2. The molecule has 2 aromatic rings. The van der Waals surface area contributed by atoms with Gasteiger partial charge in [-0.3, -0.25) is 19.3 Å². The minimum Gasteiger partial charge on any atom is -0.504 e. The predicted octanol–water partition coefficient (Wildman–Crippen LogP) is 1.69. The lowest BCUT2D eigenvalue weighted by Crippen LogP contribution is -2.71. The number of nitrogens with two attached hydrogens (primary N) is 1. The van der Waals surface area contributed by atoms with Crippen LogP contribution in [0.15, 0.2) is 33.9 Å². The van der Waals surface area contributed by atoms with Crippen LogP contribution in [0, 0.1) is 0 Å². The third-order valence-corrected chi connectivity index (χ3v) is 12.7. The number of nitrogens with zero attached hydrogens (tertiary/aromatic N) is 4.